The minimum Gasteiger partial charge on any atom is -0.326 e. The van der Waals surface area contributed by atoms with Gasteiger partial charge in [0.2, 0.25) is 0 Å². The summed E-state index contributed by atoms with van der Waals surface area (Å²) in [5.74, 6) is -0.566. The Hall–Kier alpha value is -2.17. The highest BCUT2D eigenvalue weighted by molar-refractivity contribution is 6.31. The third kappa shape index (κ3) is 2.33. The van der Waals surface area contributed by atoms with Crippen molar-refractivity contribution < 1.29 is 9.59 Å². The van der Waals surface area contributed by atoms with E-state index in [2.05, 4.69) is 0 Å². The molecular weight excluding hydrogens is 288 g/mol. The van der Waals surface area contributed by atoms with Gasteiger partial charge in [-0.1, -0.05) is 35.9 Å². The maximum atomic E-state index is 12.3. The lowest BCUT2D eigenvalue weighted by molar-refractivity contribution is 0.0642. The highest BCUT2D eigenvalue weighted by atomic mass is 35.5. The molecule has 0 saturated carbocycles. The summed E-state index contributed by atoms with van der Waals surface area (Å²) in [4.78, 5) is 25.8. The second-order valence-electron chi connectivity index (χ2n) is 4.87. The van der Waals surface area contributed by atoms with Crippen LogP contribution in [0.25, 0.3) is 0 Å². The predicted octanol–water partition coefficient (Wildman–Crippen LogP) is 2.59. The highest BCUT2D eigenvalue weighted by Gasteiger charge is 2.35. The fourth-order valence-electron chi connectivity index (χ4n) is 2.40. The van der Waals surface area contributed by atoms with E-state index in [0.29, 0.717) is 22.7 Å². The molecule has 4 nitrogen and oxygen atoms in total. The Balaban J connectivity index is 1.90. The maximum Gasteiger partial charge on any atom is 0.261 e. The Morgan fingerprint density at radius 3 is 2.14 bits per heavy atom. The smallest absolute Gasteiger partial charge is 0.261 e. The fraction of sp³-hybridized carbons (Fsp3) is 0.125. The zero-order chi connectivity index (χ0) is 15.0. The molecule has 3 rings (SSSR count). The first-order valence-electron chi connectivity index (χ1n) is 6.54. The van der Waals surface area contributed by atoms with Crippen molar-refractivity contribution in [2.75, 3.05) is 0 Å². The van der Waals surface area contributed by atoms with E-state index < -0.39 is 0 Å². The summed E-state index contributed by atoms with van der Waals surface area (Å²) in [5, 5.41) is 0.509. The first kappa shape index (κ1) is 13.8. The average molecular weight is 301 g/mol. The van der Waals surface area contributed by atoms with Crippen LogP contribution in [0.3, 0.4) is 0 Å². The number of hydrogen-bond donors (Lipinski definition) is 1. The molecule has 0 radical (unpaired) electrons. The van der Waals surface area contributed by atoms with Crippen LogP contribution in [0.15, 0.2) is 42.5 Å². The van der Waals surface area contributed by atoms with E-state index >= 15 is 0 Å². The second-order valence-corrected chi connectivity index (χ2v) is 5.28. The monoisotopic (exact) mass is 300 g/mol. The van der Waals surface area contributed by atoms with Crippen molar-refractivity contribution in [2.45, 2.75) is 13.1 Å². The topological polar surface area (TPSA) is 63.4 Å². The average Bonchev–Trinajstić information content (AvgIpc) is 2.74. The lowest BCUT2D eigenvalue weighted by atomic mass is 10.1. The van der Waals surface area contributed by atoms with Crippen LogP contribution in [0.1, 0.15) is 31.8 Å². The Bertz CT molecular complexity index is 708. The van der Waals surface area contributed by atoms with Crippen molar-refractivity contribution >= 4 is 23.4 Å². The van der Waals surface area contributed by atoms with E-state index in [9.17, 15) is 9.59 Å². The van der Waals surface area contributed by atoms with E-state index in [1.165, 1.54) is 4.90 Å². The third-order valence-electron chi connectivity index (χ3n) is 3.56. The van der Waals surface area contributed by atoms with E-state index in [4.69, 9.17) is 17.3 Å². The van der Waals surface area contributed by atoms with Crippen LogP contribution >= 0.6 is 11.6 Å². The van der Waals surface area contributed by atoms with E-state index in [1.54, 1.807) is 36.4 Å². The van der Waals surface area contributed by atoms with Gasteiger partial charge in [0.1, 0.15) is 0 Å². The molecule has 5 heteroatoms. The Kier molecular flexibility index (Phi) is 3.49. The van der Waals surface area contributed by atoms with Gasteiger partial charge in [-0.15, -0.1) is 0 Å². The quantitative estimate of drug-likeness (QED) is 0.886. The van der Waals surface area contributed by atoms with Crippen molar-refractivity contribution in [1.29, 1.82) is 0 Å². The first-order valence-corrected chi connectivity index (χ1v) is 6.92. The normalized spacial score (nSPS) is 13.7. The molecule has 0 saturated heterocycles. The van der Waals surface area contributed by atoms with Crippen molar-refractivity contribution in [1.82, 2.24) is 4.90 Å². The van der Waals surface area contributed by atoms with Crippen LogP contribution in [-0.2, 0) is 13.1 Å². The molecule has 21 heavy (non-hydrogen) atoms. The summed E-state index contributed by atoms with van der Waals surface area (Å²) in [6, 6.07) is 12.2. The number of imide groups is 1. The molecule has 0 atom stereocenters. The number of rotatable bonds is 3. The number of carbonyl (C=O) groups is 2. The van der Waals surface area contributed by atoms with Gasteiger partial charge in [-0.05, 0) is 29.3 Å². The summed E-state index contributed by atoms with van der Waals surface area (Å²) in [6.45, 7) is 0.559. The molecule has 1 aliphatic heterocycles. The number of nitrogens with two attached hydrogens (primary N) is 1. The van der Waals surface area contributed by atoms with Gasteiger partial charge in [0.25, 0.3) is 11.8 Å². The molecular formula is C16H13ClN2O2. The number of hydrogen-bond acceptors (Lipinski definition) is 3. The number of amides is 2. The zero-order valence-corrected chi connectivity index (χ0v) is 11.9. The maximum absolute atomic E-state index is 12.3. The van der Waals surface area contributed by atoms with Gasteiger partial charge >= 0.3 is 0 Å². The van der Waals surface area contributed by atoms with Crippen molar-refractivity contribution in [2.24, 2.45) is 5.73 Å². The van der Waals surface area contributed by atoms with Gasteiger partial charge in [-0.25, -0.2) is 0 Å². The molecule has 0 spiro atoms. The largest absolute Gasteiger partial charge is 0.326 e. The van der Waals surface area contributed by atoms with Crippen molar-refractivity contribution in [3.05, 3.63) is 69.7 Å². The van der Waals surface area contributed by atoms with Crippen LogP contribution < -0.4 is 5.73 Å². The first-order chi connectivity index (χ1) is 10.1. The number of carbonyl (C=O) groups excluding carboxylic acids is 2. The lowest BCUT2D eigenvalue weighted by Gasteiger charge is -2.15. The van der Waals surface area contributed by atoms with Crippen LogP contribution in [0, 0.1) is 0 Å². The molecule has 0 fully saturated rings. The molecule has 0 unspecified atom stereocenters. The van der Waals surface area contributed by atoms with Gasteiger partial charge in [0, 0.05) is 11.6 Å². The van der Waals surface area contributed by atoms with E-state index in [-0.39, 0.29) is 18.4 Å². The molecule has 106 valence electrons. The van der Waals surface area contributed by atoms with Crippen LogP contribution in [-0.4, -0.2) is 16.7 Å². The molecule has 0 bridgehead atoms. The summed E-state index contributed by atoms with van der Waals surface area (Å²) < 4.78 is 0. The fourth-order valence-corrected chi connectivity index (χ4v) is 2.66. The zero-order valence-electron chi connectivity index (χ0n) is 11.2. The lowest BCUT2D eigenvalue weighted by Crippen LogP contribution is -2.29. The SMILES string of the molecule is NCc1ccc(CN2C(=O)c3ccccc3C2=O)c(Cl)c1. The van der Waals surface area contributed by atoms with Gasteiger partial charge in [0.05, 0.1) is 17.7 Å². The molecule has 1 aliphatic rings. The molecule has 0 aliphatic carbocycles. The number of fused-ring (bicyclic) bond motifs is 1. The van der Waals surface area contributed by atoms with Gasteiger partial charge < -0.3 is 5.73 Å². The van der Waals surface area contributed by atoms with Gasteiger partial charge in [-0.3, -0.25) is 14.5 Å². The van der Waals surface area contributed by atoms with Crippen molar-refractivity contribution in [3.8, 4) is 0 Å². The van der Waals surface area contributed by atoms with Crippen LogP contribution in [0.4, 0.5) is 0 Å². The summed E-state index contributed by atoms with van der Waals surface area (Å²) >= 11 is 6.19. The van der Waals surface area contributed by atoms with E-state index in [1.807, 2.05) is 6.07 Å². The number of halogens is 1. The Labute approximate surface area is 127 Å². The minimum atomic E-state index is -0.283. The molecule has 2 amide bonds. The summed E-state index contributed by atoms with van der Waals surface area (Å²) in [6.07, 6.45) is 0. The van der Waals surface area contributed by atoms with Crippen molar-refractivity contribution in [3.63, 3.8) is 0 Å². The van der Waals surface area contributed by atoms with Crippen LogP contribution in [0.2, 0.25) is 5.02 Å². The van der Waals surface area contributed by atoms with Crippen LogP contribution in [0.5, 0.6) is 0 Å². The van der Waals surface area contributed by atoms with E-state index in [0.717, 1.165) is 11.1 Å². The number of nitrogens with zero attached hydrogens (tertiary/aromatic N) is 1. The molecule has 2 aromatic carbocycles. The molecule has 2 aromatic rings. The standard InChI is InChI=1S/C16H13ClN2O2/c17-14-7-10(8-18)5-6-11(14)9-19-15(20)12-3-1-2-4-13(12)16(19)21/h1-7H,8-9,18H2. The molecule has 2 N–H and O–H groups in total. The molecule has 0 aromatic heterocycles. The molecule has 1 heterocycles. The second kappa shape index (κ2) is 5.31. The third-order valence-corrected chi connectivity index (χ3v) is 3.91. The summed E-state index contributed by atoms with van der Waals surface area (Å²) in [5.41, 5.74) is 8.07. The highest BCUT2D eigenvalue weighted by Crippen LogP contribution is 2.26. The Morgan fingerprint density at radius 2 is 1.62 bits per heavy atom. The van der Waals surface area contributed by atoms with Gasteiger partial charge in [0.15, 0.2) is 0 Å². The Morgan fingerprint density at radius 1 is 1.00 bits per heavy atom. The predicted molar refractivity (Wildman–Crippen MR) is 80.0 cm³/mol. The summed E-state index contributed by atoms with van der Waals surface area (Å²) in [7, 11) is 0. The van der Waals surface area contributed by atoms with Gasteiger partial charge in [-0.2, -0.15) is 0 Å². The number of benzene rings is 2. The minimum absolute atomic E-state index is 0.163.